The summed E-state index contributed by atoms with van der Waals surface area (Å²) < 4.78 is 33.1. The lowest BCUT2D eigenvalue weighted by Crippen LogP contribution is -2.22. The van der Waals surface area contributed by atoms with E-state index in [1.54, 1.807) is 18.2 Å². The van der Waals surface area contributed by atoms with Crippen LogP contribution in [0.2, 0.25) is 25.7 Å². The fourth-order valence-corrected chi connectivity index (χ4v) is 4.02. The van der Waals surface area contributed by atoms with Crippen LogP contribution in [0.15, 0.2) is 33.5 Å². The van der Waals surface area contributed by atoms with Gasteiger partial charge in [-0.3, -0.25) is 4.79 Å². The number of esters is 1. The third kappa shape index (κ3) is 4.73. The van der Waals surface area contributed by atoms with Gasteiger partial charge in [0.1, 0.15) is 39.2 Å². The summed E-state index contributed by atoms with van der Waals surface area (Å²) in [6.45, 7) is 7.23. The van der Waals surface area contributed by atoms with Gasteiger partial charge in [-0.15, -0.1) is 0 Å². The van der Waals surface area contributed by atoms with E-state index in [2.05, 4.69) is 19.6 Å². The van der Waals surface area contributed by atoms with E-state index in [1.165, 1.54) is 27.4 Å². The molecule has 0 saturated carbocycles. The van der Waals surface area contributed by atoms with Gasteiger partial charge < -0.3 is 28.1 Å². The second-order valence-corrected chi connectivity index (χ2v) is 14.0. The molecule has 3 aromatic rings. The highest BCUT2D eigenvalue weighted by Crippen LogP contribution is 2.37. The number of fused-ring (bicyclic) bond motifs is 2. The molecule has 0 N–H and O–H groups in total. The van der Waals surface area contributed by atoms with Crippen LogP contribution >= 0.6 is 0 Å². The largest absolute Gasteiger partial charge is 0.496 e. The summed E-state index contributed by atoms with van der Waals surface area (Å²) in [6, 6.07) is 7.42. The van der Waals surface area contributed by atoms with Gasteiger partial charge in [0, 0.05) is 20.7 Å². The zero-order chi connectivity index (χ0) is 23.5. The van der Waals surface area contributed by atoms with Crippen LogP contribution in [0.5, 0.6) is 17.2 Å². The summed E-state index contributed by atoms with van der Waals surface area (Å²) in [4.78, 5) is 26.1. The molecule has 1 heterocycles. The van der Waals surface area contributed by atoms with E-state index in [1.807, 2.05) is 0 Å². The molecule has 8 nitrogen and oxygen atoms in total. The van der Waals surface area contributed by atoms with Crippen LogP contribution in [-0.2, 0) is 9.47 Å². The fourth-order valence-electron chi connectivity index (χ4n) is 3.27. The first-order valence-electron chi connectivity index (χ1n) is 10.1. The van der Waals surface area contributed by atoms with Crippen molar-refractivity contribution >= 4 is 36.0 Å². The Morgan fingerprint density at radius 3 is 2.34 bits per heavy atom. The molecule has 0 bridgehead atoms. The molecule has 0 aliphatic rings. The van der Waals surface area contributed by atoms with E-state index < -0.39 is 19.5 Å². The van der Waals surface area contributed by atoms with Crippen LogP contribution in [-0.4, -0.2) is 48.8 Å². The topological polar surface area (TPSA) is 93.4 Å². The average Bonchev–Trinajstić information content (AvgIpc) is 2.76. The second kappa shape index (κ2) is 9.62. The predicted octanol–water partition coefficient (Wildman–Crippen LogP) is 4.44. The Bertz CT molecular complexity index is 1190. The smallest absolute Gasteiger partial charge is 0.345 e. The lowest BCUT2D eigenvalue weighted by molar-refractivity contribution is 0.0207. The van der Waals surface area contributed by atoms with Gasteiger partial charge in [0.25, 0.3) is 0 Å². The maximum Gasteiger partial charge on any atom is 0.345 e. The van der Waals surface area contributed by atoms with Gasteiger partial charge in [-0.05, 0) is 18.2 Å². The Hall–Kier alpha value is -3.04. The van der Waals surface area contributed by atoms with Crippen molar-refractivity contribution in [1.29, 1.82) is 0 Å². The number of methoxy groups -OCH3 is 3. The summed E-state index contributed by atoms with van der Waals surface area (Å²) >= 11 is 0. The molecule has 3 rings (SSSR count). The molecule has 2 aromatic carbocycles. The van der Waals surface area contributed by atoms with Gasteiger partial charge in [-0.2, -0.15) is 0 Å². The molecule has 0 fully saturated rings. The van der Waals surface area contributed by atoms with E-state index in [9.17, 15) is 9.59 Å². The van der Waals surface area contributed by atoms with Crippen LogP contribution in [0, 0.1) is 0 Å². The van der Waals surface area contributed by atoms with E-state index in [0.717, 1.165) is 6.04 Å². The first kappa shape index (κ1) is 23.6. The molecule has 1 aromatic heterocycles. The molecule has 0 saturated heterocycles. The summed E-state index contributed by atoms with van der Waals surface area (Å²) in [5.41, 5.74) is -0.130. The Kier molecular flexibility index (Phi) is 7.10. The van der Waals surface area contributed by atoms with Crippen molar-refractivity contribution < 1.29 is 32.9 Å². The highest BCUT2D eigenvalue weighted by atomic mass is 28.3. The number of rotatable bonds is 9. The lowest BCUT2D eigenvalue weighted by atomic mass is 10.1. The second-order valence-electron chi connectivity index (χ2n) is 8.39. The first-order chi connectivity index (χ1) is 15.2. The molecule has 0 amide bonds. The molecule has 172 valence electrons. The Morgan fingerprint density at radius 1 is 1.00 bits per heavy atom. The third-order valence-corrected chi connectivity index (χ3v) is 6.69. The normalized spacial score (nSPS) is 11.6. The van der Waals surface area contributed by atoms with Crippen molar-refractivity contribution in [2.24, 2.45) is 0 Å². The number of ether oxygens (including phenoxy) is 5. The molecule has 0 aliphatic carbocycles. The summed E-state index contributed by atoms with van der Waals surface area (Å²) in [7, 11) is 2.89. The molecule has 0 spiro atoms. The van der Waals surface area contributed by atoms with E-state index in [-0.39, 0.29) is 45.8 Å². The van der Waals surface area contributed by atoms with Crippen molar-refractivity contribution in [1.82, 2.24) is 0 Å². The highest BCUT2D eigenvalue weighted by Gasteiger charge is 2.27. The quantitative estimate of drug-likeness (QED) is 0.152. The van der Waals surface area contributed by atoms with Crippen molar-refractivity contribution in [3.05, 3.63) is 40.1 Å². The van der Waals surface area contributed by atoms with Gasteiger partial charge >= 0.3 is 5.97 Å². The van der Waals surface area contributed by atoms with E-state index in [4.69, 9.17) is 28.1 Å². The molecule has 32 heavy (non-hydrogen) atoms. The van der Waals surface area contributed by atoms with Crippen molar-refractivity contribution in [2.45, 2.75) is 25.7 Å². The molecule has 0 unspecified atom stereocenters. The van der Waals surface area contributed by atoms with Crippen LogP contribution < -0.4 is 19.6 Å². The van der Waals surface area contributed by atoms with E-state index in [0.29, 0.717) is 12.4 Å². The van der Waals surface area contributed by atoms with Gasteiger partial charge in [-0.25, -0.2) is 4.79 Å². The maximum atomic E-state index is 13.4. The van der Waals surface area contributed by atoms with Gasteiger partial charge in [0.15, 0.2) is 12.4 Å². The molecular weight excluding hydrogens is 432 g/mol. The number of carbonyl (C=O) groups excluding carboxylic acids is 1. The summed E-state index contributed by atoms with van der Waals surface area (Å²) in [6.07, 6.45) is 0. The minimum absolute atomic E-state index is 0.0130. The molecule has 9 heteroatoms. The predicted molar refractivity (Wildman–Crippen MR) is 124 cm³/mol. The lowest BCUT2D eigenvalue weighted by Gasteiger charge is -2.17. The molecule has 0 atom stereocenters. The molecule has 0 radical (unpaired) electrons. The van der Waals surface area contributed by atoms with Gasteiger partial charge in [0.2, 0.25) is 5.43 Å². The zero-order valence-corrected chi connectivity index (χ0v) is 20.2. The summed E-state index contributed by atoms with van der Waals surface area (Å²) in [5.74, 6) is -0.0120. The number of benzene rings is 2. The molecular formula is C23H28O8Si. The highest BCUT2D eigenvalue weighted by molar-refractivity contribution is 6.76. The SMILES string of the molecule is COC(=O)c1c(OCOCC[Si](C)(C)C)cc(OC)c2c(=O)c3c(OC)cccc3oc12. The Balaban J connectivity index is 2.15. The van der Waals surface area contributed by atoms with Crippen molar-refractivity contribution in [3.8, 4) is 17.2 Å². The minimum atomic E-state index is -1.25. The molecule has 0 aliphatic heterocycles. The van der Waals surface area contributed by atoms with Crippen LogP contribution in [0.4, 0.5) is 0 Å². The summed E-state index contributed by atoms with van der Waals surface area (Å²) in [5, 5.41) is 0.344. The average molecular weight is 461 g/mol. The number of carbonyl (C=O) groups is 1. The fraction of sp³-hybridized carbons (Fsp3) is 0.391. The number of hydrogen-bond donors (Lipinski definition) is 0. The van der Waals surface area contributed by atoms with Crippen LogP contribution in [0.3, 0.4) is 0 Å². The minimum Gasteiger partial charge on any atom is -0.496 e. The van der Waals surface area contributed by atoms with Gasteiger partial charge in [-0.1, -0.05) is 25.7 Å². The van der Waals surface area contributed by atoms with Crippen molar-refractivity contribution in [2.75, 3.05) is 34.7 Å². The van der Waals surface area contributed by atoms with E-state index >= 15 is 0 Å². The van der Waals surface area contributed by atoms with Crippen LogP contribution in [0.1, 0.15) is 10.4 Å². The van der Waals surface area contributed by atoms with Crippen molar-refractivity contribution in [3.63, 3.8) is 0 Å². The standard InChI is InChI=1S/C23H28O8Si/c1-26-14-8-7-9-15-18(14)21(24)19-16(27-2)12-17(20(22(19)31-15)23(25)28-3)30-13-29-10-11-32(4,5)6/h7-9,12H,10-11,13H2,1-6H3. The Labute approximate surface area is 187 Å². The first-order valence-corrected chi connectivity index (χ1v) is 13.9. The van der Waals surface area contributed by atoms with Gasteiger partial charge in [0.05, 0.1) is 21.3 Å². The number of hydrogen-bond acceptors (Lipinski definition) is 8. The monoisotopic (exact) mass is 460 g/mol. The zero-order valence-electron chi connectivity index (χ0n) is 19.2. The maximum absolute atomic E-state index is 13.4. The Morgan fingerprint density at radius 2 is 1.72 bits per heavy atom. The van der Waals surface area contributed by atoms with Crippen LogP contribution in [0.25, 0.3) is 21.9 Å². The third-order valence-electron chi connectivity index (χ3n) is 4.99.